The van der Waals surface area contributed by atoms with Crippen LogP contribution in [0.4, 0.5) is 18.9 Å². The molecule has 1 aromatic heterocycles. The highest BCUT2D eigenvalue weighted by molar-refractivity contribution is 9.10. The first-order valence-electron chi connectivity index (χ1n) is 8.14. The number of alkyl halides is 3. The van der Waals surface area contributed by atoms with Gasteiger partial charge in [-0.2, -0.15) is 18.3 Å². The largest absolute Gasteiger partial charge is 0.416 e. The number of hydrogen-bond donors (Lipinski definition) is 1. The molecule has 1 N–H and O–H groups in total. The van der Waals surface area contributed by atoms with Crippen molar-refractivity contribution in [1.82, 2.24) is 9.78 Å². The first-order chi connectivity index (χ1) is 13.6. The number of rotatable bonds is 4. The van der Waals surface area contributed by atoms with Gasteiger partial charge in [0.2, 0.25) is 5.91 Å². The smallest absolute Gasteiger partial charge is 0.323 e. The fourth-order valence-electron chi connectivity index (χ4n) is 2.46. The van der Waals surface area contributed by atoms with Crippen LogP contribution in [-0.4, -0.2) is 15.7 Å². The van der Waals surface area contributed by atoms with Gasteiger partial charge in [0.25, 0.3) is 5.56 Å². The molecule has 150 valence electrons. The Hall–Kier alpha value is -2.65. The summed E-state index contributed by atoms with van der Waals surface area (Å²) >= 11 is 9.19. The van der Waals surface area contributed by atoms with E-state index in [4.69, 9.17) is 11.6 Å². The number of hydrogen-bond acceptors (Lipinski definition) is 3. The molecule has 2 aromatic carbocycles. The van der Waals surface area contributed by atoms with Crippen molar-refractivity contribution < 1.29 is 18.0 Å². The van der Waals surface area contributed by atoms with Crippen LogP contribution in [0.3, 0.4) is 0 Å². The quantitative estimate of drug-likeness (QED) is 0.565. The summed E-state index contributed by atoms with van der Waals surface area (Å²) in [6, 6.07) is 12.5. The lowest BCUT2D eigenvalue weighted by atomic mass is 10.1. The number of nitrogens with one attached hydrogen (secondary N) is 1. The molecule has 0 saturated carbocycles. The first kappa shape index (κ1) is 21.1. The molecule has 0 unspecified atom stereocenters. The lowest BCUT2D eigenvalue weighted by Crippen LogP contribution is -2.29. The van der Waals surface area contributed by atoms with Crippen LogP contribution < -0.4 is 10.9 Å². The number of carbonyl (C=O) groups is 1. The predicted octanol–water partition coefficient (Wildman–Crippen LogP) is 4.98. The van der Waals surface area contributed by atoms with E-state index in [0.29, 0.717) is 5.69 Å². The highest BCUT2D eigenvalue weighted by Gasteiger charge is 2.31. The molecule has 0 radical (unpaired) electrons. The number of nitrogens with zero attached hydrogens (tertiary/aromatic N) is 2. The maximum Gasteiger partial charge on any atom is 0.416 e. The molecule has 0 aliphatic heterocycles. The molecule has 1 heterocycles. The Labute approximate surface area is 176 Å². The molecular weight excluding hydrogens is 475 g/mol. The molecule has 3 aromatic rings. The molecule has 0 aliphatic rings. The SMILES string of the molecule is O=C(Cn1nc(-c2ccc(Br)cc2)ccc1=O)Nc1cc(C(F)(F)F)ccc1Cl. The van der Waals surface area contributed by atoms with Gasteiger partial charge in [0.1, 0.15) is 6.54 Å². The molecule has 0 spiro atoms. The molecule has 29 heavy (non-hydrogen) atoms. The lowest BCUT2D eigenvalue weighted by Gasteiger charge is -2.12. The summed E-state index contributed by atoms with van der Waals surface area (Å²) < 4.78 is 40.4. The maximum absolute atomic E-state index is 12.9. The summed E-state index contributed by atoms with van der Waals surface area (Å²) in [6.07, 6.45) is -4.58. The van der Waals surface area contributed by atoms with Gasteiger partial charge in [0, 0.05) is 16.1 Å². The van der Waals surface area contributed by atoms with Crippen molar-refractivity contribution in [3.8, 4) is 11.3 Å². The fraction of sp³-hybridized carbons (Fsp3) is 0.105. The number of carbonyl (C=O) groups excluding carboxylic acids is 1. The monoisotopic (exact) mass is 485 g/mol. The van der Waals surface area contributed by atoms with Crippen LogP contribution in [0.2, 0.25) is 5.02 Å². The van der Waals surface area contributed by atoms with E-state index in [-0.39, 0.29) is 10.7 Å². The number of halogens is 5. The van der Waals surface area contributed by atoms with Gasteiger partial charge in [-0.05, 0) is 36.4 Å². The second-order valence-corrected chi connectivity index (χ2v) is 7.28. The Morgan fingerprint density at radius 2 is 1.79 bits per heavy atom. The minimum Gasteiger partial charge on any atom is -0.323 e. The van der Waals surface area contributed by atoms with Gasteiger partial charge in [-0.1, -0.05) is 39.7 Å². The standard InChI is InChI=1S/C19H12BrClF3N3O2/c20-13-4-1-11(2-5-13)15-7-8-18(29)27(26-15)10-17(28)25-16-9-12(19(22,23)24)3-6-14(16)21/h1-9H,10H2,(H,25,28). The van der Waals surface area contributed by atoms with Crippen molar-refractivity contribution in [2.45, 2.75) is 12.7 Å². The Morgan fingerprint density at radius 3 is 2.45 bits per heavy atom. The minimum absolute atomic E-state index is 0.0599. The number of anilines is 1. The van der Waals surface area contributed by atoms with Crippen LogP contribution >= 0.6 is 27.5 Å². The summed E-state index contributed by atoms with van der Waals surface area (Å²) in [4.78, 5) is 24.3. The van der Waals surface area contributed by atoms with Crippen molar-refractivity contribution >= 4 is 39.1 Å². The zero-order valence-electron chi connectivity index (χ0n) is 14.5. The van der Waals surface area contributed by atoms with E-state index < -0.39 is 29.8 Å². The summed E-state index contributed by atoms with van der Waals surface area (Å²) in [5, 5.41) is 6.38. The molecule has 0 aliphatic carbocycles. The van der Waals surface area contributed by atoms with Crippen LogP contribution in [-0.2, 0) is 17.5 Å². The van der Waals surface area contributed by atoms with E-state index in [1.807, 2.05) is 0 Å². The maximum atomic E-state index is 12.9. The Morgan fingerprint density at radius 1 is 1.10 bits per heavy atom. The van der Waals surface area contributed by atoms with Gasteiger partial charge >= 0.3 is 6.18 Å². The van der Waals surface area contributed by atoms with E-state index in [2.05, 4.69) is 26.3 Å². The van der Waals surface area contributed by atoms with Gasteiger partial charge < -0.3 is 5.32 Å². The highest BCUT2D eigenvalue weighted by atomic mass is 79.9. The van der Waals surface area contributed by atoms with E-state index in [1.54, 1.807) is 24.3 Å². The molecule has 0 atom stereocenters. The van der Waals surface area contributed by atoms with Crippen LogP contribution in [0.1, 0.15) is 5.56 Å². The third-order valence-electron chi connectivity index (χ3n) is 3.87. The van der Waals surface area contributed by atoms with Crippen molar-refractivity contribution in [2.75, 3.05) is 5.32 Å². The van der Waals surface area contributed by atoms with E-state index in [0.717, 1.165) is 32.9 Å². The van der Waals surface area contributed by atoms with Crippen LogP contribution in [0.25, 0.3) is 11.3 Å². The molecule has 10 heteroatoms. The van der Waals surface area contributed by atoms with Gasteiger partial charge in [-0.15, -0.1) is 0 Å². The lowest BCUT2D eigenvalue weighted by molar-refractivity contribution is -0.137. The van der Waals surface area contributed by atoms with Crippen molar-refractivity contribution in [1.29, 1.82) is 0 Å². The van der Waals surface area contributed by atoms with Crippen LogP contribution in [0.15, 0.2) is 63.9 Å². The highest BCUT2D eigenvalue weighted by Crippen LogP contribution is 2.33. The molecule has 0 fully saturated rings. The van der Waals surface area contributed by atoms with Gasteiger partial charge in [0.05, 0.1) is 22.0 Å². The average Bonchev–Trinajstić information content (AvgIpc) is 2.65. The Balaban J connectivity index is 1.82. The van der Waals surface area contributed by atoms with Crippen molar-refractivity contribution in [3.63, 3.8) is 0 Å². The average molecular weight is 487 g/mol. The van der Waals surface area contributed by atoms with E-state index >= 15 is 0 Å². The number of aromatic nitrogens is 2. The molecule has 5 nitrogen and oxygen atoms in total. The van der Waals surface area contributed by atoms with Crippen molar-refractivity contribution in [2.24, 2.45) is 0 Å². The third kappa shape index (κ3) is 5.24. The minimum atomic E-state index is -4.58. The third-order valence-corrected chi connectivity index (χ3v) is 4.73. The molecular formula is C19H12BrClF3N3O2. The number of benzene rings is 2. The number of amides is 1. The predicted molar refractivity (Wildman–Crippen MR) is 107 cm³/mol. The van der Waals surface area contributed by atoms with Crippen LogP contribution in [0.5, 0.6) is 0 Å². The zero-order valence-corrected chi connectivity index (χ0v) is 16.8. The Kier molecular flexibility index (Phi) is 6.09. The molecule has 1 amide bonds. The van der Waals surface area contributed by atoms with Crippen LogP contribution in [0, 0.1) is 0 Å². The van der Waals surface area contributed by atoms with Crippen molar-refractivity contribution in [3.05, 3.63) is 80.0 Å². The molecule has 0 saturated heterocycles. The summed E-state index contributed by atoms with van der Waals surface area (Å²) in [5.41, 5.74) is -0.505. The van der Waals surface area contributed by atoms with Gasteiger partial charge in [-0.3, -0.25) is 9.59 Å². The fourth-order valence-corrected chi connectivity index (χ4v) is 2.89. The first-order valence-corrected chi connectivity index (χ1v) is 9.31. The van der Waals surface area contributed by atoms with E-state index in [9.17, 15) is 22.8 Å². The summed E-state index contributed by atoms with van der Waals surface area (Å²) in [6.45, 7) is -0.490. The molecule has 3 rings (SSSR count). The second kappa shape index (κ2) is 8.38. The molecule has 0 bridgehead atoms. The Bertz CT molecular complexity index is 1110. The normalized spacial score (nSPS) is 11.3. The topological polar surface area (TPSA) is 64.0 Å². The van der Waals surface area contributed by atoms with E-state index in [1.165, 1.54) is 12.1 Å². The van der Waals surface area contributed by atoms with Gasteiger partial charge in [0.15, 0.2) is 0 Å². The second-order valence-electron chi connectivity index (χ2n) is 5.96. The summed E-state index contributed by atoms with van der Waals surface area (Å²) in [5.74, 6) is -0.742. The summed E-state index contributed by atoms with van der Waals surface area (Å²) in [7, 11) is 0. The zero-order chi connectivity index (χ0) is 21.2. The van der Waals surface area contributed by atoms with Gasteiger partial charge in [-0.25, -0.2) is 4.68 Å².